The topological polar surface area (TPSA) is 20.3 Å². The summed E-state index contributed by atoms with van der Waals surface area (Å²) in [6.45, 7) is 5.31. The fourth-order valence-corrected chi connectivity index (χ4v) is 1.83. The Bertz CT molecular complexity index is 482. The number of hydrogen-bond donors (Lipinski definition) is 0. The van der Waals surface area contributed by atoms with E-state index in [1.807, 2.05) is 19.9 Å². The van der Waals surface area contributed by atoms with Crippen LogP contribution in [0, 0.1) is 13.8 Å². The normalized spacial score (nSPS) is 13.6. The van der Waals surface area contributed by atoms with Gasteiger partial charge in [-0.1, -0.05) is 12.1 Å². The van der Waals surface area contributed by atoms with Gasteiger partial charge in [0, 0.05) is 12.1 Å². The lowest BCUT2D eigenvalue weighted by molar-refractivity contribution is -0.137. The van der Waals surface area contributed by atoms with Crippen molar-refractivity contribution in [3.8, 4) is 0 Å². The fraction of sp³-hybridized carbons (Fsp3) is 0.533. The Morgan fingerprint density at radius 1 is 1.25 bits per heavy atom. The summed E-state index contributed by atoms with van der Waals surface area (Å²) in [4.78, 5) is 13.7. The first-order valence-corrected chi connectivity index (χ1v) is 6.50. The second-order valence-corrected chi connectivity index (χ2v) is 5.19. The first-order chi connectivity index (χ1) is 9.11. The Kier molecular flexibility index (Phi) is 5.34. The van der Waals surface area contributed by atoms with Crippen LogP contribution in [0.2, 0.25) is 0 Å². The number of benzene rings is 1. The average molecular weight is 287 g/mol. The lowest BCUT2D eigenvalue weighted by atomic mass is 10.00. The van der Waals surface area contributed by atoms with E-state index in [0.717, 1.165) is 11.1 Å². The average Bonchev–Trinajstić information content (AvgIpc) is 2.36. The van der Waals surface area contributed by atoms with Crippen LogP contribution < -0.4 is 0 Å². The molecule has 1 aromatic carbocycles. The van der Waals surface area contributed by atoms with Gasteiger partial charge in [0.1, 0.15) is 0 Å². The lowest BCUT2D eigenvalue weighted by Gasteiger charge is -2.24. The van der Waals surface area contributed by atoms with Gasteiger partial charge in [-0.2, -0.15) is 13.2 Å². The van der Waals surface area contributed by atoms with Crippen molar-refractivity contribution in [2.24, 2.45) is 0 Å². The molecule has 0 spiro atoms. The molecule has 1 rings (SSSR count). The molecule has 1 atom stereocenters. The predicted molar refractivity (Wildman–Crippen MR) is 73.0 cm³/mol. The van der Waals surface area contributed by atoms with Crippen molar-refractivity contribution in [2.45, 2.75) is 39.4 Å². The SMILES string of the molecule is Cc1ccc(C(=O)C(C)N(C)CCC(F)(F)F)cc1C. The summed E-state index contributed by atoms with van der Waals surface area (Å²) in [5, 5.41) is 0. The molecule has 0 aliphatic heterocycles. The summed E-state index contributed by atoms with van der Waals surface area (Å²) in [5.74, 6) is -0.155. The van der Waals surface area contributed by atoms with Crippen LogP contribution in [0.5, 0.6) is 0 Å². The van der Waals surface area contributed by atoms with Crippen molar-refractivity contribution in [1.82, 2.24) is 4.90 Å². The van der Waals surface area contributed by atoms with Gasteiger partial charge in [-0.25, -0.2) is 0 Å². The van der Waals surface area contributed by atoms with Crippen LogP contribution in [-0.2, 0) is 0 Å². The van der Waals surface area contributed by atoms with E-state index < -0.39 is 18.6 Å². The maximum Gasteiger partial charge on any atom is 0.390 e. The highest BCUT2D eigenvalue weighted by molar-refractivity contribution is 6.00. The molecule has 0 fully saturated rings. The van der Waals surface area contributed by atoms with Gasteiger partial charge in [0.25, 0.3) is 0 Å². The molecule has 0 heterocycles. The minimum Gasteiger partial charge on any atom is -0.296 e. The summed E-state index contributed by atoms with van der Waals surface area (Å²) in [6.07, 6.45) is -5.11. The third kappa shape index (κ3) is 4.63. The van der Waals surface area contributed by atoms with Crippen LogP contribution in [0.25, 0.3) is 0 Å². The summed E-state index contributed by atoms with van der Waals surface area (Å²) < 4.78 is 36.6. The molecule has 0 aliphatic carbocycles. The zero-order valence-corrected chi connectivity index (χ0v) is 12.2. The maximum atomic E-state index is 12.3. The number of hydrogen-bond acceptors (Lipinski definition) is 2. The first-order valence-electron chi connectivity index (χ1n) is 6.50. The van der Waals surface area contributed by atoms with E-state index in [9.17, 15) is 18.0 Å². The van der Waals surface area contributed by atoms with Crippen LogP contribution in [0.3, 0.4) is 0 Å². The quantitative estimate of drug-likeness (QED) is 0.769. The predicted octanol–water partition coefficient (Wildman–Crippen LogP) is 3.76. The standard InChI is InChI=1S/C15H20F3NO/c1-10-5-6-13(9-11(10)2)14(20)12(3)19(4)8-7-15(16,17)18/h5-6,9,12H,7-8H2,1-4H3. The first kappa shape index (κ1) is 16.7. The van der Waals surface area contributed by atoms with Crippen LogP contribution in [0.4, 0.5) is 13.2 Å². The minimum atomic E-state index is -4.20. The molecule has 0 aromatic heterocycles. The number of rotatable bonds is 5. The number of Topliss-reactive ketones (excluding diaryl/α,β-unsaturated/α-hetero) is 1. The van der Waals surface area contributed by atoms with Crippen molar-refractivity contribution in [3.05, 3.63) is 34.9 Å². The molecule has 0 bridgehead atoms. The number of alkyl halides is 3. The highest BCUT2D eigenvalue weighted by Gasteiger charge is 2.29. The Balaban J connectivity index is 2.73. The van der Waals surface area contributed by atoms with Gasteiger partial charge in [0.05, 0.1) is 12.5 Å². The van der Waals surface area contributed by atoms with Crippen molar-refractivity contribution in [2.75, 3.05) is 13.6 Å². The number of carbonyl (C=O) groups excluding carboxylic acids is 1. The minimum absolute atomic E-state index is 0.155. The van der Waals surface area contributed by atoms with Crippen LogP contribution >= 0.6 is 0 Å². The van der Waals surface area contributed by atoms with E-state index in [-0.39, 0.29) is 12.3 Å². The summed E-state index contributed by atoms with van der Waals surface area (Å²) in [6, 6.07) is 4.79. The third-order valence-corrected chi connectivity index (χ3v) is 3.58. The Hall–Kier alpha value is -1.36. The second kappa shape index (κ2) is 6.39. The van der Waals surface area contributed by atoms with Gasteiger partial charge >= 0.3 is 6.18 Å². The van der Waals surface area contributed by atoms with E-state index in [1.165, 1.54) is 11.9 Å². The van der Waals surface area contributed by atoms with Crippen LogP contribution in [0.15, 0.2) is 18.2 Å². The molecule has 0 saturated carbocycles. The lowest BCUT2D eigenvalue weighted by Crippen LogP contribution is -2.38. The molecule has 112 valence electrons. The highest BCUT2D eigenvalue weighted by Crippen LogP contribution is 2.20. The molecule has 5 heteroatoms. The van der Waals surface area contributed by atoms with Crippen LogP contribution in [0.1, 0.15) is 34.8 Å². The van der Waals surface area contributed by atoms with E-state index in [2.05, 4.69) is 0 Å². The van der Waals surface area contributed by atoms with Gasteiger partial charge in [-0.05, 0) is 45.0 Å². The van der Waals surface area contributed by atoms with Gasteiger partial charge < -0.3 is 0 Å². The number of ketones is 1. The molecule has 20 heavy (non-hydrogen) atoms. The molecular weight excluding hydrogens is 267 g/mol. The van der Waals surface area contributed by atoms with E-state index in [4.69, 9.17) is 0 Å². The number of carbonyl (C=O) groups is 1. The number of halogens is 3. The Morgan fingerprint density at radius 3 is 2.35 bits per heavy atom. The number of nitrogens with zero attached hydrogens (tertiary/aromatic N) is 1. The molecule has 0 saturated heterocycles. The molecule has 1 aromatic rings. The summed E-state index contributed by atoms with van der Waals surface area (Å²) >= 11 is 0. The van der Waals surface area contributed by atoms with Crippen molar-refractivity contribution < 1.29 is 18.0 Å². The van der Waals surface area contributed by atoms with Gasteiger partial charge in [-0.15, -0.1) is 0 Å². The van der Waals surface area contributed by atoms with Gasteiger partial charge in [0.2, 0.25) is 0 Å². The maximum absolute atomic E-state index is 12.3. The molecular formula is C15H20F3NO. The molecule has 1 unspecified atom stereocenters. The number of likely N-dealkylation sites (N-methyl/N-ethyl adjacent to an activating group) is 1. The van der Waals surface area contributed by atoms with E-state index >= 15 is 0 Å². The van der Waals surface area contributed by atoms with Gasteiger partial charge in [0.15, 0.2) is 5.78 Å². The molecule has 0 radical (unpaired) electrons. The van der Waals surface area contributed by atoms with Crippen molar-refractivity contribution >= 4 is 5.78 Å². The highest BCUT2D eigenvalue weighted by atomic mass is 19.4. The van der Waals surface area contributed by atoms with Crippen molar-refractivity contribution in [3.63, 3.8) is 0 Å². The summed E-state index contributed by atoms with van der Waals surface area (Å²) in [7, 11) is 1.54. The monoisotopic (exact) mass is 287 g/mol. The Labute approximate surface area is 117 Å². The third-order valence-electron chi connectivity index (χ3n) is 3.58. The number of aryl methyl sites for hydroxylation is 2. The largest absolute Gasteiger partial charge is 0.390 e. The second-order valence-electron chi connectivity index (χ2n) is 5.19. The molecule has 0 N–H and O–H groups in total. The summed E-state index contributed by atoms with van der Waals surface area (Å²) in [5.41, 5.74) is 2.63. The van der Waals surface area contributed by atoms with Crippen molar-refractivity contribution in [1.29, 1.82) is 0 Å². The molecule has 0 aliphatic rings. The van der Waals surface area contributed by atoms with Crippen LogP contribution in [-0.4, -0.2) is 36.5 Å². The zero-order valence-electron chi connectivity index (χ0n) is 12.2. The van der Waals surface area contributed by atoms with Gasteiger partial charge in [-0.3, -0.25) is 9.69 Å². The van der Waals surface area contributed by atoms with E-state index in [1.54, 1.807) is 19.1 Å². The smallest absolute Gasteiger partial charge is 0.296 e. The Morgan fingerprint density at radius 2 is 1.85 bits per heavy atom. The fourth-order valence-electron chi connectivity index (χ4n) is 1.83. The molecule has 0 amide bonds. The molecule has 2 nitrogen and oxygen atoms in total. The van der Waals surface area contributed by atoms with E-state index in [0.29, 0.717) is 5.56 Å². The zero-order chi connectivity index (χ0) is 15.5.